The number of carbonyl (C=O) groups excluding carboxylic acids is 1. The van der Waals surface area contributed by atoms with E-state index in [0.717, 1.165) is 31.7 Å². The predicted molar refractivity (Wildman–Crippen MR) is 104 cm³/mol. The molecule has 0 fully saturated rings. The summed E-state index contributed by atoms with van der Waals surface area (Å²) in [6.07, 6.45) is 4.03. The van der Waals surface area contributed by atoms with Gasteiger partial charge in [-0.15, -0.1) is 0 Å². The van der Waals surface area contributed by atoms with Crippen molar-refractivity contribution >= 4 is 19.7 Å². The molecule has 0 saturated carbocycles. The van der Waals surface area contributed by atoms with Crippen LogP contribution in [-0.4, -0.2) is 34.4 Å². The second-order valence-electron chi connectivity index (χ2n) is 6.07. The van der Waals surface area contributed by atoms with Crippen molar-refractivity contribution in [2.75, 3.05) is 19.8 Å². The maximum atomic E-state index is 11.3. The highest BCUT2D eigenvalue weighted by Crippen LogP contribution is 2.19. The van der Waals surface area contributed by atoms with Crippen LogP contribution in [0.2, 0.25) is 6.04 Å². The Bertz CT molecular complexity index is 510. The molecule has 1 aromatic rings. The van der Waals surface area contributed by atoms with Gasteiger partial charge < -0.3 is 13.6 Å². The molecule has 0 aliphatic rings. The van der Waals surface area contributed by atoms with E-state index in [0.29, 0.717) is 25.4 Å². The first-order valence-electron chi connectivity index (χ1n) is 9.21. The van der Waals surface area contributed by atoms with Gasteiger partial charge in [0, 0.05) is 18.8 Å². The molecule has 0 radical (unpaired) electrons. The molecule has 0 spiro atoms. The number of benzene rings is 1. The zero-order valence-corrected chi connectivity index (χ0v) is 16.9. The van der Waals surface area contributed by atoms with Crippen LogP contribution < -0.4 is 5.19 Å². The normalized spacial score (nSPS) is 11.3. The van der Waals surface area contributed by atoms with E-state index in [1.165, 1.54) is 5.19 Å². The van der Waals surface area contributed by atoms with Crippen molar-refractivity contribution in [3.05, 3.63) is 42.5 Å². The largest absolute Gasteiger partial charge is 0.462 e. The SMILES string of the molecule is C=C(C)C(=O)OCCCCCC[Si](OCC)(OCC)c1ccccc1. The molecule has 4 nitrogen and oxygen atoms in total. The van der Waals surface area contributed by atoms with Crippen LogP contribution in [0.4, 0.5) is 0 Å². The minimum absolute atomic E-state index is 0.303. The standard InChI is InChI=1S/C20H32O4Si/c1-5-23-25(24-6-2,19-14-10-9-11-15-19)17-13-8-7-12-16-22-20(21)18(3)4/h9-11,14-15H,3,5-8,12-13,16-17H2,1-2,4H3. The van der Waals surface area contributed by atoms with Crippen molar-refractivity contribution in [3.63, 3.8) is 0 Å². The monoisotopic (exact) mass is 364 g/mol. The lowest BCUT2D eigenvalue weighted by molar-refractivity contribution is -0.139. The Morgan fingerprint density at radius 3 is 2.16 bits per heavy atom. The van der Waals surface area contributed by atoms with Gasteiger partial charge in [0.15, 0.2) is 0 Å². The van der Waals surface area contributed by atoms with E-state index in [1.54, 1.807) is 6.92 Å². The van der Waals surface area contributed by atoms with Gasteiger partial charge >= 0.3 is 14.5 Å². The molecule has 140 valence electrons. The molecule has 0 aliphatic heterocycles. The molecular weight excluding hydrogens is 332 g/mol. The van der Waals surface area contributed by atoms with E-state index in [1.807, 2.05) is 32.0 Å². The zero-order chi connectivity index (χ0) is 18.5. The average molecular weight is 365 g/mol. The zero-order valence-electron chi connectivity index (χ0n) is 15.9. The smallest absolute Gasteiger partial charge is 0.372 e. The molecule has 0 amide bonds. The Morgan fingerprint density at radius 2 is 1.60 bits per heavy atom. The molecule has 0 aliphatic carbocycles. The fourth-order valence-electron chi connectivity index (χ4n) is 2.76. The Morgan fingerprint density at radius 1 is 1.00 bits per heavy atom. The van der Waals surface area contributed by atoms with Crippen LogP contribution in [0.3, 0.4) is 0 Å². The summed E-state index contributed by atoms with van der Waals surface area (Å²) in [6, 6.07) is 11.3. The van der Waals surface area contributed by atoms with Crippen LogP contribution in [0.5, 0.6) is 0 Å². The van der Waals surface area contributed by atoms with E-state index in [-0.39, 0.29) is 5.97 Å². The third-order valence-electron chi connectivity index (χ3n) is 3.95. The Balaban J connectivity index is 2.46. The van der Waals surface area contributed by atoms with E-state index in [9.17, 15) is 4.79 Å². The van der Waals surface area contributed by atoms with Crippen LogP contribution in [0.1, 0.15) is 46.5 Å². The molecule has 0 heterocycles. The number of hydrogen-bond acceptors (Lipinski definition) is 4. The van der Waals surface area contributed by atoms with Gasteiger partial charge in [-0.05, 0) is 38.4 Å². The van der Waals surface area contributed by atoms with Gasteiger partial charge in [0.1, 0.15) is 0 Å². The van der Waals surface area contributed by atoms with Gasteiger partial charge in [-0.1, -0.05) is 56.2 Å². The number of rotatable bonds is 13. The maximum absolute atomic E-state index is 11.3. The van der Waals surface area contributed by atoms with Gasteiger partial charge in [0.25, 0.3) is 0 Å². The summed E-state index contributed by atoms with van der Waals surface area (Å²) in [5.74, 6) is -0.303. The van der Waals surface area contributed by atoms with Crippen LogP contribution in [0.25, 0.3) is 0 Å². The number of carbonyl (C=O) groups is 1. The van der Waals surface area contributed by atoms with E-state index < -0.39 is 8.56 Å². The summed E-state index contributed by atoms with van der Waals surface area (Å²) < 4.78 is 17.5. The van der Waals surface area contributed by atoms with Crippen LogP contribution in [0, 0.1) is 0 Å². The Hall–Kier alpha value is -1.43. The number of ether oxygens (including phenoxy) is 1. The number of unbranched alkanes of at least 4 members (excludes halogenated alkanes) is 3. The maximum Gasteiger partial charge on any atom is 0.372 e. The average Bonchev–Trinajstić information content (AvgIpc) is 2.61. The summed E-state index contributed by atoms with van der Waals surface area (Å²) in [6.45, 7) is 11.1. The summed E-state index contributed by atoms with van der Waals surface area (Å²) in [7, 11) is -2.37. The lowest BCUT2D eigenvalue weighted by atomic mass is 10.2. The second kappa shape index (κ2) is 12.0. The fourth-order valence-corrected chi connectivity index (χ4v) is 6.10. The van der Waals surface area contributed by atoms with Crippen LogP contribution in [0.15, 0.2) is 42.5 Å². The van der Waals surface area contributed by atoms with E-state index in [4.69, 9.17) is 13.6 Å². The van der Waals surface area contributed by atoms with Crippen LogP contribution >= 0.6 is 0 Å². The molecule has 0 N–H and O–H groups in total. The predicted octanol–water partition coefficient (Wildman–Crippen LogP) is 4.09. The topological polar surface area (TPSA) is 44.8 Å². The number of hydrogen-bond donors (Lipinski definition) is 0. The highest BCUT2D eigenvalue weighted by Gasteiger charge is 2.38. The quantitative estimate of drug-likeness (QED) is 0.229. The molecule has 0 unspecified atom stereocenters. The summed E-state index contributed by atoms with van der Waals surface area (Å²) in [5.41, 5.74) is 0.451. The van der Waals surface area contributed by atoms with Crippen molar-refractivity contribution in [1.29, 1.82) is 0 Å². The Kier molecular flexibility index (Phi) is 10.4. The van der Waals surface area contributed by atoms with Crippen molar-refractivity contribution < 1.29 is 18.4 Å². The van der Waals surface area contributed by atoms with Crippen LogP contribution in [-0.2, 0) is 18.4 Å². The fraction of sp³-hybridized carbons (Fsp3) is 0.550. The lowest BCUT2D eigenvalue weighted by Gasteiger charge is -2.30. The van der Waals surface area contributed by atoms with Crippen molar-refractivity contribution in [1.82, 2.24) is 0 Å². The first kappa shape index (κ1) is 21.6. The molecule has 1 aromatic carbocycles. The first-order valence-corrected chi connectivity index (χ1v) is 11.2. The van der Waals surface area contributed by atoms with Gasteiger partial charge in [0.2, 0.25) is 0 Å². The van der Waals surface area contributed by atoms with Gasteiger partial charge in [-0.2, -0.15) is 0 Å². The van der Waals surface area contributed by atoms with E-state index >= 15 is 0 Å². The lowest BCUT2D eigenvalue weighted by Crippen LogP contribution is -2.53. The van der Waals surface area contributed by atoms with Crippen molar-refractivity contribution in [3.8, 4) is 0 Å². The van der Waals surface area contributed by atoms with Crippen molar-refractivity contribution in [2.24, 2.45) is 0 Å². The Labute approximate surface area is 153 Å². The highest BCUT2D eigenvalue weighted by molar-refractivity contribution is 6.81. The molecule has 0 bridgehead atoms. The summed E-state index contributed by atoms with van der Waals surface area (Å²) in [4.78, 5) is 11.3. The minimum atomic E-state index is -2.37. The third kappa shape index (κ3) is 7.55. The van der Waals surface area contributed by atoms with Gasteiger partial charge in [0.05, 0.1) is 6.61 Å². The summed E-state index contributed by atoms with van der Waals surface area (Å²) >= 11 is 0. The molecule has 5 heteroatoms. The molecule has 0 aromatic heterocycles. The van der Waals surface area contributed by atoms with Gasteiger partial charge in [-0.3, -0.25) is 0 Å². The second-order valence-corrected chi connectivity index (χ2v) is 9.23. The molecule has 25 heavy (non-hydrogen) atoms. The molecule has 1 rings (SSSR count). The third-order valence-corrected chi connectivity index (χ3v) is 7.69. The molecular formula is C20H32O4Si. The summed E-state index contributed by atoms with van der Waals surface area (Å²) in [5, 5.41) is 1.20. The number of esters is 1. The van der Waals surface area contributed by atoms with Crippen molar-refractivity contribution in [2.45, 2.75) is 52.5 Å². The molecule has 0 atom stereocenters. The highest BCUT2D eigenvalue weighted by atomic mass is 28.4. The minimum Gasteiger partial charge on any atom is -0.462 e. The molecule has 0 saturated heterocycles. The first-order chi connectivity index (χ1) is 12.1. The van der Waals surface area contributed by atoms with Gasteiger partial charge in [-0.25, -0.2) is 4.79 Å². The van der Waals surface area contributed by atoms with E-state index in [2.05, 4.69) is 18.7 Å².